The highest BCUT2D eigenvalue weighted by Gasteiger charge is 2.18. The largest absolute Gasteiger partial charge is 0.371 e. The molecule has 6 nitrogen and oxygen atoms in total. The van der Waals surface area contributed by atoms with Crippen LogP contribution in [0.5, 0.6) is 0 Å². The maximum absolute atomic E-state index is 12.2. The van der Waals surface area contributed by atoms with Gasteiger partial charge >= 0.3 is 0 Å². The molecule has 7 heteroatoms. The van der Waals surface area contributed by atoms with Gasteiger partial charge in [-0.2, -0.15) is 0 Å². The highest BCUT2D eigenvalue weighted by molar-refractivity contribution is 7.89. The zero-order chi connectivity index (χ0) is 20.1. The normalized spacial score (nSPS) is 16.9. The Balaban J connectivity index is 1.50. The molecule has 0 bridgehead atoms. The van der Waals surface area contributed by atoms with Gasteiger partial charge in [0.2, 0.25) is 15.9 Å². The van der Waals surface area contributed by atoms with Gasteiger partial charge in [0.25, 0.3) is 0 Å². The number of hydrogen-bond donors (Lipinski definition) is 2. The van der Waals surface area contributed by atoms with Crippen LogP contribution in [-0.2, 0) is 21.2 Å². The number of sulfonamides is 1. The lowest BCUT2D eigenvalue weighted by Crippen LogP contribution is -2.19. The highest BCUT2D eigenvalue weighted by atomic mass is 32.2. The fraction of sp³-hybridized carbons (Fsp3) is 0.381. The lowest BCUT2D eigenvalue weighted by molar-refractivity contribution is -0.116. The first-order chi connectivity index (χ1) is 13.4. The molecule has 3 rings (SSSR count). The second kappa shape index (κ2) is 8.75. The fourth-order valence-electron chi connectivity index (χ4n) is 3.36. The summed E-state index contributed by atoms with van der Waals surface area (Å²) in [6.07, 6.45) is 2.11. The van der Waals surface area contributed by atoms with Crippen molar-refractivity contribution in [2.24, 2.45) is 5.92 Å². The number of nitrogens with one attached hydrogen (secondary N) is 2. The number of carbonyl (C=O) groups is 1. The van der Waals surface area contributed by atoms with Crippen LogP contribution in [0.1, 0.15) is 25.3 Å². The summed E-state index contributed by atoms with van der Waals surface area (Å²) in [6.45, 7) is 4.43. The van der Waals surface area contributed by atoms with E-state index >= 15 is 0 Å². The minimum Gasteiger partial charge on any atom is -0.371 e. The third-order valence-corrected chi connectivity index (χ3v) is 6.51. The van der Waals surface area contributed by atoms with E-state index < -0.39 is 10.0 Å². The maximum atomic E-state index is 12.2. The van der Waals surface area contributed by atoms with Crippen molar-refractivity contribution in [1.29, 1.82) is 0 Å². The summed E-state index contributed by atoms with van der Waals surface area (Å²) in [5.41, 5.74) is 2.90. The van der Waals surface area contributed by atoms with Crippen LogP contribution in [0.25, 0.3) is 0 Å². The van der Waals surface area contributed by atoms with E-state index in [1.807, 2.05) is 12.1 Å². The van der Waals surface area contributed by atoms with Gasteiger partial charge in [0.1, 0.15) is 0 Å². The summed E-state index contributed by atoms with van der Waals surface area (Å²) in [7, 11) is -2.05. The van der Waals surface area contributed by atoms with Crippen LogP contribution >= 0.6 is 0 Å². The Kier molecular flexibility index (Phi) is 6.36. The summed E-state index contributed by atoms with van der Waals surface area (Å²) in [6, 6.07) is 14.6. The molecule has 1 atom stereocenters. The molecule has 0 spiro atoms. The van der Waals surface area contributed by atoms with Crippen molar-refractivity contribution in [2.75, 3.05) is 30.4 Å². The van der Waals surface area contributed by atoms with Crippen LogP contribution < -0.4 is 14.9 Å². The van der Waals surface area contributed by atoms with E-state index in [2.05, 4.69) is 34.0 Å². The smallest absolute Gasteiger partial charge is 0.240 e. The molecule has 0 radical (unpaired) electrons. The molecule has 1 amide bonds. The van der Waals surface area contributed by atoms with Gasteiger partial charge in [0, 0.05) is 30.9 Å². The van der Waals surface area contributed by atoms with Crippen molar-refractivity contribution in [3.05, 3.63) is 54.1 Å². The number of nitrogens with zero attached hydrogens (tertiary/aromatic N) is 1. The molecule has 0 saturated carbocycles. The molecule has 0 aliphatic carbocycles. The molecule has 1 aliphatic heterocycles. The van der Waals surface area contributed by atoms with Gasteiger partial charge in [-0.3, -0.25) is 4.79 Å². The predicted molar refractivity (Wildman–Crippen MR) is 112 cm³/mol. The van der Waals surface area contributed by atoms with Crippen molar-refractivity contribution in [3.8, 4) is 0 Å². The van der Waals surface area contributed by atoms with Crippen LogP contribution in [0.3, 0.4) is 0 Å². The molecule has 1 aliphatic rings. The third kappa shape index (κ3) is 5.11. The molecule has 2 N–H and O–H groups in total. The summed E-state index contributed by atoms with van der Waals surface area (Å²) >= 11 is 0. The number of rotatable bonds is 7. The zero-order valence-electron chi connectivity index (χ0n) is 16.3. The van der Waals surface area contributed by atoms with Crippen molar-refractivity contribution < 1.29 is 13.2 Å². The molecule has 1 heterocycles. The van der Waals surface area contributed by atoms with E-state index in [0.717, 1.165) is 30.3 Å². The van der Waals surface area contributed by atoms with Crippen LogP contribution in [0, 0.1) is 5.92 Å². The predicted octanol–water partition coefficient (Wildman–Crippen LogP) is 3.01. The van der Waals surface area contributed by atoms with Crippen molar-refractivity contribution in [2.45, 2.75) is 31.1 Å². The summed E-state index contributed by atoms with van der Waals surface area (Å²) in [4.78, 5) is 14.8. The fourth-order valence-corrected chi connectivity index (χ4v) is 4.09. The summed E-state index contributed by atoms with van der Waals surface area (Å²) < 4.78 is 25.7. The van der Waals surface area contributed by atoms with E-state index in [4.69, 9.17) is 0 Å². The second-order valence-corrected chi connectivity index (χ2v) is 9.17. The number of amides is 1. The molecule has 1 unspecified atom stereocenters. The van der Waals surface area contributed by atoms with Gasteiger partial charge < -0.3 is 10.2 Å². The minimum atomic E-state index is -3.43. The second-order valence-electron chi connectivity index (χ2n) is 7.29. The Hall–Kier alpha value is -2.38. The van der Waals surface area contributed by atoms with Gasteiger partial charge in [-0.1, -0.05) is 19.1 Å². The van der Waals surface area contributed by atoms with Gasteiger partial charge in [-0.05, 0) is 67.8 Å². The molecule has 2 aromatic rings. The standard InChI is InChI=1S/C21H27N3O3S/c1-16-13-14-24(15-16)19-8-6-18(7-9-19)23-21(25)12-5-17-3-10-20(11-4-17)28(26,27)22-2/h3-4,6-11,16,22H,5,12-15H2,1-2H3,(H,23,25). The molecule has 2 aromatic carbocycles. The van der Waals surface area contributed by atoms with E-state index in [1.165, 1.54) is 19.2 Å². The zero-order valence-corrected chi connectivity index (χ0v) is 17.1. The number of hydrogen-bond acceptors (Lipinski definition) is 4. The van der Waals surface area contributed by atoms with Crippen LogP contribution in [-0.4, -0.2) is 34.5 Å². The van der Waals surface area contributed by atoms with E-state index in [9.17, 15) is 13.2 Å². The number of anilines is 2. The van der Waals surface area contributed by atoms with E-state index in [1.54, 1.807) is 24.3 Å². The number of benzene rings is 2. The molecule has 28 heavy (non-hydrogen) atoms. The Morgan fingerprint density at radius 2 is 1.79 bits per heavy atom. The van der Waals surface area contributed by atoms with Crippen molar-refractivity contribution >= 4 is 27.3 Å². The quantitative estimate of drug-likeness (QED) is 0.748. The van der Waals surface area contributed by atoms with Gasteiger partial charge in [0.05, 0.1) is 4.90 Å². The average molecular weight is 402 g/mol. The lowest BCUT2D eigenvalue weighted by Gasteiger charge is -2.18. The van der Waals surface area contributed by atoms with Crippen LogP contribution in [0.4, 0.5) is 11.4 Å². The first-order valence-electron chi connectivity index (χ1n) is 9.55. The highest BCUT2D eigenvalue weighted by Crippen LogP contribution is 2.24. The van der Waals surface area contributed by atoms with Crippen LogP contribution in [0.15, 0.2) is 53.4 Å². The molecule has 1 saturated heterocycles. The van der Waals surface area contributed by atoms with Gasteiger partial charge in [0.15, 0.2) is 0 Å². The molecule has 0 aromatic heterocycles. The number of aryl methyl sites for hydroxylation is 1. The van der Waals surface area contributed by atoms with E-state index in [-0.39, 0.29) is 10.8 Å². The molecular weight excluding hydrogens is 374 g/mol. The first kappa shape index (κ1) is 20.4. The van der Waals surface area contributed by atoms with Crippen molar-refractivity contribution in [1.82, 2.24) is 4.72 Å². The molecular formula is C21H27N3O3S. The Labute approximate surface area is 167 Å². The Bertz CT molecular complexity index is 909. The lowest BCUT2D eigenvalue weighted by atomic mass is 10.1. The average Bonchev–Trinajstić information content (AvgIpc) is 3.13. The van der Waals surface area contributed by atoms with Crippen LogP contribution in [0.2, 0.25) is 0 Å². The topological polar surface area (TPSA) is 78.5 Å². The Morgan fingerprint density at radius 3 is 2.36 bits per heavy atom. The molecule has 1 fully saturated rings. The number of carbonyl (C=O) groups excluding carboxylic acids is 1. The summed E-state index contributed by atoms with van der Waals surface area (Å²) in [5, 5.41) is 2.92. The monoisotopic (exact) mass is 401 g/mol. The van der Waals surface area contributed by atoms with Gasteiger partial charge in [-0.25, -0.2) is 13.1 Å². The Morgan fingerprint density at radius 1 is 1.11 bits per heavy atom. The van der Waals surface area contributed by atoms with E-state index in [0.29, 0.717) is 12.8 Å². The third-order valence-electron chi connectivity index (χ3n) is 5.08. The maximum Gasteiger partial charge on any atom is 0.240 e. The van der Waals surface area contributed by atoms with Gasteiger partial charge in [-0.15, -0.1) is 0 Å². The summed E-state index contributed by atoms with van der Waals surface area (Å²) in [5.74, 6) is 0.668. The first-order valence-corrected chi connectivity index (χ1v) is 11.0. The minimum absolute atomic E-state index is 0.0607. The van der Waals surface area contributed by atoms with Crippen molar-refractivity contribution in [3.63, 3.8) is 0 Å². The molecule has 150 valence electrons. The SMILES string of the molecule is CNS(=O)(=O)c1ccc(CCC(=O)Nc2ccc(N3CCC(C)C3)cc2)cc1.